The lowest BCUT2D eigenvalue weighted by atomic mass is 10.1. The highest BCUT2D eigenvalue weighted by Gasteiger charge is 2.08. The van der Waals surface area contributed by atoms with E-state index in [9.17, 15) is 9.59 Å². The van der Waals surface area contributed by atoms with Crippen LogP contribution in [0, 0.1) is 6.92 Å². The van der Waals surface area contributed by atoms with Crippen LogP contribution in [0.4, 0.5) is 4.79 Å². The zero-order chi connectivity index (χ0) is 17.1. The smallest absolute Gasteiger partial charge is 0.427 e. The predicted octanol–water partition coefficient (Wildman–Crippen LogP) is 2.89. The molecule has 1 rings (SSSR count). The molecule has 0 unspecified atom stereocenters. The van der Waals surface area contributed by atoms with Gasteiger partial charge in [0.2, 0.25) is 0 Å². The van der Waals surface area contributed by atoms with Gasteiger partial charge in [-0.1, -0.05) is 29.8 Å². The quantitative estimate of drug-likeness (QED) is 0.358. The molecule has 0 saturated carbocycles. The molecule has 1 aromatic carbocycles. The number of carbonyl (C=O) groups is 2. The Labute approximate surface area is 140 Å². The summed E-state index contributed by atoms with van der Waals surface area (Å²) in [6, 6.07) is 8.05. The third-order valence-electron chi connectivity index (χ3n) is 2.81. The highest BCUT2D eigenvalue weighted by Crippen LogP contribution is 2.13. The number of benzene rings is 1. The number of ether oxygens (including phenoxy) is 2. The van der Waals surface area contributed by atoms with Crippen molar-refractivity contribution in [1.82, 2.24) is 5.43 Å². The number of nitrogens with one attached hydrogen (secondary N) is 1. The number of esters is 1. The molecule has 0 aromatic heterocycles. The molecule has 0 radical (unpaired) electrons. The Hall–Kier alpha value is -2.02. The van der Waals surface area contributed by atoms with E-state index in [0.717, 1.165) is 5.56 Å². The summed E-state index contributed by atoms with van der Waals surface area (Å²) in [5.41, 5.74) is 4.57. The van der Waals surface area contributed by atoms with Crippen molar-refractivity contribution in [3.63, 3.8) is 0 Å². The van der Waals surface area contributed by atoms with Crippen LogP contribution in [0.3, 0.4) is 0 Å². The number of aryl methyl sites for hydroxylation is 1. The van der Waals surface area contributed by atoms with Gasteiger partial charge in [0.05, 0.1) is 25.2 Å². The van der Waals surface area contributed by atoms with Crippen LogP contribution >= 0.6 is 11.8 Å². The summed E-state index contributed by atoms with van der Waals surface area (Å²) < 4.78 is 9.39. The van der Waals surface area contributed by atoms with E-state index >= 15 is 0 Å². The first-order valence-electron chi connectivity index (χ1n) is 7.29. The van der Waals surface area contributed by atoms with E-state index in [4.69, 9.17) is 4.74 Å². The maximum absolute atomic E-state index is 11.4. The van der Waals surface area contributed by atoms with Crippen LogP contribution in [0.25, 0.3) is 0 Å². The molecule has 0 heterocycles. The van der Waals surface area contributed by atoms with Gasteiger partial charge in [0, 0.05) is 12.2 Å². The van der Waals surface area contributed by atoms with Crippen molar-refractivity contribution in [3.8, 4) is 0 Å². The number of amides is 1. The third-order valence-corrected chi connectivity index (χ3v) is 3.79. The van der Waals surface area contributed by atoms with Crippen LogP contribution in [-0.4, -0.2) is 36.6 Å². The van der Waals surface area contributed by atoms with E-state index in [1.165, 1.54) is 24.4 Å². The van der Waals surface area contributed by atoms with Crippen LogP contribution in [0.1, 0.15) is 24.5 Å². The highest BCUT2D eigenvalue weighted by molar-refractivity contribution is 8.13. The standard InChI is InChI=1S/C16H22N2O4S/c1-4-22-15(19)9-10-23-14(17-18-16(20)21-3)11-13-7-5-12(2)6-8-13/h5-8H,4,9-11H2,1-3H3,(H,18,20)/b17-14+. The van der Waals surface area contributed by atoms with Gasteiger partial charge in [-0.2, -0.15) is 5.10 Å². The molecular formula is C16H22N2O4S. The van der Waals surface area contributed by atoms with Gasteiger partial charge >= 0.3 is 12.1 Å². The molecular weight excluding hydrogens is 316 g/mol. The molecule has 1 aromatic rings. The van der Waals surface area contributed by atoms with Gasteiger partial charge in [-0.15, -0.1) is 11.8 Å². The minimum absolute atomic E-state index is 0.240. The Bertz CT molecular complexity index is 544. The molecule has 0 atom stereocenters. The number of carbonyl (C=O) groups excluding carboxylic acids is 2. The van der Waals surface area contributed by atoms with Gasteiger partial charge < -0.3 is 9.47 Å². The molecule has 23 heavy (non-hydrogen) atoms. The van der Waals surface area contributed by atoms with Crippen molar-refractivity contribution in [2.75, 3.05) is 19.5 Å². The molecule has 0 fully saturated rings. The fourth-order valence-electron chi connectivity index (χ4n) is 1.64. The van der Waals surface area contributed by atoms with Gasteiger partial charge in [0.15, 0.2) is 0 Å². The second-order valence-electron chi connectivity index (χ2n) is 4.67. The molecule has 0 spiro atoms. The molecule has 0 bridgehead atoms. The van der Waals surface area contributed by atoms with E-state index < -0.39 is 6.09 Å². The van der Waals surface area contributed by atoms with Crippen LogP contribution in [0.15, 0.2) is 29.4 Å². The Morgan fingerprint density at radius 2 is 1.96 bits per heavy atom. The zero-order valence-corrected chi connectivity index (χ0v) is 14.4. The molecule has 0 aliphatic rings. The first-order chi connectivity index (χ1) is 11.0. The van der Waals surface area contributed by atoms with Gasteiger partial charge in [-0.25, -0.2) is 10.2 Å². The summed E-state index contributed by atoms with van der Waals surface area (Å²) in [5.74, 6) is 0.294. The molecule has 126 valence electrons. The highest BCUT2D eigenvalue weighted by atomic mass is 32.2. The number of methoxy groups -OCH3 is 1. The lowest BCUT2D eigenvalue weighted by Crippen LogP contribution is -2.19. The molecule has 0 aliphatic carbocycles. The third kappa shape index (κ3) is 8.25. The molecule has 0 aliphatic heterocycles. The van der Waals surface area contributed by atoms with Crippen molar-refractivity contribution < 1.29 is 19.1 Å². The second-order valence-corrected chi connectivity index (χ2v) is 5.84. The van der Waals surface area contributed by atoms with E-state index in [2.05, 4.69) is 15.3 Å². The van der Waals surface area contributed by atoms with E-state index in [1.54, 1.807) is 6.92 Å². The first-order valence-corrected chi connectivity index (χ1v) is 8.28. The Balaban J connectivity index is 2.63. The monoisotopic (exact) mass is 338 g/mol. The largest absolute Gasteiger partial charge is 0.466 e. The maximum atomic E-state index is 11.4. The van der Waals surface area contributed by atoms with Gasteiger partial charge in [-0.3, -0.25) is 4.79 Å². The van der Waals surface area contributed by atoms with Crippen molar-refractivity contribution >= 4 is 28.9 Å². The number of hydrazone groups is 1. The van der Waals surface area contributed by atoms with Crippen molar-refractivity contribution in [2.45, 2.75) is 26.7 Å². The fraction of sp³-hybridized carbons (Fsp3) is 0.438. The fourth-order valence-corrected chi connectivity index (χ4v) is 2.53. The molecule has 7 heteroatoms. The number of thioether (sulfide) groups is 1. The average molecular weight is 338 g/mol. The summed E-state index contributed by atoms with van der Waals surface area (Å²) in [5, 5.41) is 4.76. The second kappa shape index (κ2) is 10.7. The summed E-state index contributed by atoms with van der Waals surface area (Å²) in [4.78, 5) is 22.5. The summed E-state index contributed by atoms with van der Waals surface area (Å²) >= 11 is 1.41. The van der Waals surface area contributed by atoms with E-state index in [1.807, 2.05) is 31.2 Å². The Kier molecular flexibility index (Phi) is 8.82. The summed E-state index contributed by atoms with van der Waals surface area (Å²) in [6.07, 6.45) is 0.235. The normalized spacial score (nSPS) is 11.0. The van der Waals surface area contributed by atoms with Crippen LogP contribution in [0.2, 0.25) is 0 Å². The minimum atomic E-state index is -0.627. The number of hydrogen-bond acceptors (Lipinski definition) is 6. The first kappa shape index (κ1) is 19.0. The van der Waals surface area contributed by atoms with Crippen molar-refractivity contribution in [1.29, 1.82) is 0 Å². The average Bonchev–Trinajstić information content (AvgIpc) is 2.54. The van der Waals surface area contributed by atoms with Crippen LogP contribution < -0.4 is 5.43 Å². The van der Waals surface area contributed by atoms with Gasteiger partial charge in [-0.05, 0) is 19.4 Å². The van der Waals surface area contributed by atoms with Crippen LogP contribution in [0.5, 0.6) is 0 Å². The number of nitrogens with zero attached hydrogens (tertiary/aromatic N) is 1. The zero-order valence-electron chi connectivity index (χ0n) is 13.6. The van der Waals surface area contributed by atoms with E-state index in [0.29, 0.717) is 30.2 Å². The number of hydrogen-bond donors (Lipinski definition) is 1. The Morgan fingerprint density at radius 3 is 2.57 bits per heavy atom. The van der Waals surface area contributed by atoms with Gasteiger partial charge in [0.1, 0.15) is 0 Å². The maximum Gasteiger partial charge on any atom is 0.427 e. The summed E-state index contributed by atoms with van der Waals surface area (Å²) in [7, 11) is 1.28. The molecule has 1 N–H and O–H groups in total. The SMILES string of the molecule is CCOC(=O)CCS/C(Cc1ccc(C)cc1)=N/NC(=O)OC. The molecule has 1 amide bonds. The topological polar surface area (TPSA) is 77.0 Å². The van der Waals surface area contributed by atoms with Crippen LogP contribution in [-0.2, 0) is 20.7 Å². The Morgan fingerprint density at radius 1 is 1.26 bits per heavy atom. The predicted molar refractivity (Wildman–Crippen MR) is 91.6 cm³/mol. The summed E-state index contributed by atoms with van der Waals surface area (Å²) in [6.45, 7) is 4.17. The minimum Gasteiger partial charge on any atom is -0.466 e. The van der Waals surface area contributed by atoms with Crippen molar-refractivity contribution in [2.24, 2.45) is 5.10 Å². The van der Waals surface area contributed by atoms with E-state index in [-0.39, 0.29) is 5.97 Å². The van der Waals surface area contributed by atoms with Gasteiger partial charge in [0.25, 0.3) is 0 Å². The molecule has 0 saturated heterocycles. The lowest BCUT2D eigenvalue weighted by molar-refractivity contribution is -0.142. The lowest BCUT2D eigenvalue weighted by Gasteiger charge is -2.07. The number of rotatable bonds is 7. The van der Waals surface area contributed by atoms with Crippen molar-refractivity contribution in [3.05, 3.63) is 35.4 Å². The molecule has 6 nitrogen and oxygen atoms in total.